The van der Waals surface area contributed by atoms with Crippen LogP contribution in [-0.2, 0) is 14.8 Å². The average Bonchev–Trinajstić information content (AvgIpc) is 2.71. The van der Waals surface area contributed by atoms with E-state index in [1.807, 2.05) is 37.3 Å². The Kier molecular flexibility index (Phi) is 8.18. The third-order valence-corrected chi connectivity index (χ3v) is 6.98. The summed E-state index contributed by atoms with van der Waals surface area (Å²) in [6, 6.07) is 15.0. The number of rotatable bonds is 9. The quantitative estimate of drug-likeness (QED) is 0.637. The van der Waals surface area contributed by atoms with Crippen LogP contribution in [0.5, 0.6) is 0 Å². The molecule has 0 heterocycles. The fourth-order valence-corrected chi connectivity index (χ4v) is 4.67. The lowest BCUT2D eigenvalue weighted by Crippen LogP contribution is -2.43. The van der Waals surface area contributed by atoms with Crippen molar-refractivity contribution in [1.29, 1.82) is 0 Å². The van der Waals surface area contributed by atoms with Crippen molar-refractivity contribution in [3.63, 3.8) is 0 Å². The fraction of sp³-hybridized carbons (Fsp3) is 0.435. The smallest absolute Gasteiger partial charge is 0.240 e. The van der Waals surface area contributed by atoms with Crippen molar-refractivity contribution in [2.24, 2.45) is 5.92 Å². The molecule has 0 fully saturated rings. The molecule has 30 heavy (non-hydrogen) atoms. The maximum Gasteiger partial charge on any atom is 0.240 e. The summed E-state index contributed by atoms with van der Waals surface area (Å²) in [5, 5.41) is 10.6. The summed E-state index contributed by atoms with van der Waals surface area (Å²) >= 11 is 0. The molecule has 0 saturated carbocycles. The van der Waals surface area contributed by atoms with Gasteiger partial charge in [-0.1, -0.05) is 55.0 Å². The lowest BCUT2D eigenvalue weighted by atomic mass is 9.98. The van der Waals surface area contributed by atoms with Gasteiger partial charge in [-0.15, -0.1) is 0 Å². The van der Waals surface area contributed by atoms with Crippen LogP contribution < -0.4 is 4.72 Å². The van der Waals surface area contributed by atoms with E-state index in [1.165, 1.54) is 4.90 Å². The van der Waals surface area contributed by atoms with Crippen molar-refractivity contribution in [3.8, 4) is 0 Å². The zero-order valence-electron chi connectivity index (χ0n) is 18.2. The van der Waals surface area contributed by atoms with E-state index in [1.54, 1.807) is 52.1 Å². The molecule has 6 nitrogen and oxygen atoms in total. The second-order valence-corrected chi connectivity index (χ2v) is 9.73. The first-order chi connectivity index (χ1) is 14.0. The molecule has 0 aliphatic heterocycles. The Morgan fingerprint density at radius 2 is 1.60 bits per heavy atom. The molecule has 0 unspecified atom stereocenters. The highest BCUT2D eigenvalue weighted by Gasteiger charge is 2.28. The minimum Gasteiger partial charge on any atom is -0.386 e. The number of carbonyl (C=O) groups excluding carboxylic acids is 1. The molecule has 0 radical (unpaired) electrons. The minimum atomic E-state index is -3.65. The van der Waals surface area contributed by atoms with E-state index in [0.29, 0.717) is 6.42 Å². The monoisotopic (exact) mass is 432 g/mol. The highest BCUT2D eigenvalue weighted by molar-refractivity contribution is 7.89. The number of amides is 1. The van der Waals surface area contributed by atoms with Gasteiger partial charge in [-0.25, -0.2) is 13.1 Å². The number of hydrogen-bond acceptors (Lipinski definition) is 4. The molecule has 0 aromatic heterocycles. The summed E-state index contributed by atoms with van der Waals surface area (Å²) < 4.78 is 27.8. The van der Waals surface area contributed by atoms with Gasteiger partial charge in [0.15, 0.2) is 0 Å². The Hall–Kier alpha value is -2.22. The van der Waals surface area contributed by atoms with E-state index in [-0.39, 0.29) is 10.8 Å². The largest absolute Gasteiger partial charge is 0.386 e. The predicted octanol–water partition coefficient (Wildman–Crippen LogP) is 3.27. The van der Waals surface area contributed by atoms with Gasteiger partial charge in [0.25, 0.3) is 0 Å². The molecule has 2 aromatic rings. The SMILES string of the molecule is Cc1ccc(S(=O)(=O)N[C@@H](C)C[C@H](C)C(=O)N(C)[C@@H](C)[C@@H](O)c2ccccc2)cc1. The molecule has 2 N–H and O–H groups in total. The first-order valence-electron chi connectivity index (χ1n) is 10.1. The maximum atomic E-state index is 12.9. The van der Waals surface area contributed by atoms with Gasteiger partial charge >= 0.3 is 0 Å². The lowest BCUT2D eigenvalue weighted by Gasteiger charge is -2.32. The Bertz CT molecular complexity index is 929. The highest BCUT2D eigenvalue weighted by Crippen LogP contribution is 2.22. The van der Waals surface area contributed by atoms with Crippen molar-refractivity contribution < 1.29 is 18.3 Å². The van der Waals surface area contributed by atoms with Crippen LogP contribution in [0.25, 0.3) is 0 Å². The van der Waals surface area contributed by atoms with Gasteiger partial charge in [0.1, 0.15) is 0 Å². The van der Waals surface area contributed by atoms with Crippen LogP contribution in [0.4, 0.5) is 0 Å². The number of likely N-dealkylation sites (N-methyl/N-ethyl adjacent to an activating group) is 1. The molecule has 1 amide bonds. The van der Waals surface area contributed by atoms with E-state index in [4.69, 9.17) is 0 Å². The molecule has 0 spiro atoms. The molecule has 0 bridgehead atoms. The van der Waals surface area contributed by atoms with Crippen LogP contribution >= 0.6 is 0 Å². The number of aliphatic hydroxyl groups excluding tert-OH is 1. The minimum absolute atomic E-state index is 0.140. The second kappa shape index (κ2) is 10.2. The van der Waals surface area contributed by atoms with Crippen molar-refractivity contribution in [1.82, 2.24) is 9.62 Å². The van der Waals surface area contributed by atoms with Crippen molar-refractivity contribution in [2.75, 3.05) is 7.05 Å². The number of benzene rings is 2. The van der Waals surface area contributed by atoms with E-state index < -0.39 is 34.1 Å². The molecule has 7 heteroatoms. The van der Waals surface area contributed by atoms with Crippen molar-refractivity contribution in [3.05, 3.63) is 65.7 Å². The van der Waals surface area contributed by atoms with Gasteiger partial charge in [-0.2, -0.15) is 0 Å². The first-order valence-corrected chi connectivity index (χ1v) is 11.6. The van der Waals surface area contributed by atoms with Gasteiger partial charge in [-0.3, -0.25) is 4.79 Å². The van der Waals surface area contributed by atoms with Gasteiger partial charge in [0, 0.05) is 19.0 Å². The van der Waals surface area contributed by atoms with E-state index in [2.05, 4.69) is 4.72 Å². The third kappa shape index (κ3) is 6.14. The fourth-order valence-electron chi connectivity index (χ4n) is 3.42. The molecular weight excluding hydrogens is 400 g/mol. The third-order valence-electron chi connectivity index (χ3n) is 5.37. The molecular formula is C23H32N2O4S. The number of carbonyl (C=O) groups is 1. The summed E-state index contributed by atoms with van der Waals surface area (Å²) in [5.41, 5.74) is 1.73. The van der Waals surface area contributed by atoms with Gasteiger partial charge in [0.05, 0.1) is 17.0 Å². The first kappa shape index (κ1) is 24.1. The summed E-state index contributed by atoms with van der Waals surface area (Å²) in [6.45, 7) is 7.21. The van der Waals surface area contributed by atoms with Crippen LogP contribution in [0.15, 0.2) is 59.5 Å². The topological polar surface area (TPSA) is 86.7 Å². The number of aliphatic hydroxyl groups is 1. The molecule has 0 saturated heterocycles. The van der Waals surface area contributed by atoms with Gasteiger partial charge < -0.3 is 10.0 Å². The number of aryl methyl sites for hydroxylation is 1. The Balaban J connectivity index is 1.97. The zero-order chi connectivity index (χ0) is 22.5. The zero-order valence-corrected chi connectivity index (χ0v) is 19.1. The second-order valence-electron chi connectivity index (χ2n) is 8.02. The van der Waals surface area contributed by atoms with Gasteiger partial charge in [0.2, 0.25) is 15.9 Å². The molecule has 2 aromatic carbocycles. The lowest BCUT2D eigenvalue weighted by molar-refractivity contribution is -0.138. The van der Waals surface area contributed by atoms with E-state index >= 15 is 0 Å². The summed E-state index contributed by atoms with van der Waals surface area (Å²) in [4.78, 5) is 14.6. The molecule has 2 rings (SSSR count). The Morgan fingerprint density at radius 1 is 1.03 bits per heavy atom. The van der Waals surface area contributed by atoms with Crippen LogP contribution in [0.1, 0.15) is 44.4 Å². The number of sulfonamides is 1. The standard InChI is InChI=1S/C23H32N2O4S/c1-16-11-13-21(14-12-16)30(28,29)24-18(3)15-17(2)23(27)25(5)19(4)22(26)20-9-7-6-8-10-20/h6-14,17-19,22,24,26H,15H2,1-5H3/t17-,18-,19-,22+/m0/s1. The van der Waals surface area contributed by atoms with Crippen molar-refractivity contribution >= 4 is 15.9 Å². The Morgan fingerprint density at radius 3 is 2.17 bits per heavy atom. The summed E-state index contributed by atoms with van der Waals surface area (Å²) in [7, 11) is -1.99. The van der Waals surface area contributed by atoms with Gasteiger partial charge in [-0.05, 0) is 44.9 Å². The molecule has 164 valence electrons. The van der Waals surface area contributed by atoms with Crippen LogP contribution in [-0.4, -0.2) is 43.5 Å². The maximum absolute atomic E-state index is 12.9. The number of nitrogens with one attached hydrogen (secondary N) is 1. The number of nitrogens with zero attached hydrogens (tertiary/aromatic N) is 1. The van der Waals surface area contributed by atoms with E-state index in [9.17, 15) is 18.3 Å². The van der Waals surface area contributed by atoms with E-state index in [0.717, 1.165) is 11.1 Å². The summed E-state index contributed by atoms with van der Waals surface area (Å²) in [6.07, 6.45) is -0.451. The summed E-state index contributed by atoms with van der Waals surface area (Å²) in [5.74, 6) is -0.546. The van der Waals surface area contributed by atoms with Crippen LogP contribution in [0.2, 0.25) is 0 Å². The average molecular weight is 433 g/mol. The van der Waals surface area contributed by atoms with Crippen LogP contribution in [0, 0.1) is 12.8 Å². The molecule has 4 atom stereocenters. The normalized spacial score (nSPS) is 15.8. The molecule has 0 aliphatic rings. The molecule has 0 aliphatic carbocycles. The predicted molar refractivity (Wildman–Crippen MR) is 118 cm³/mol. The van der Waals surface area contributed by atoms with Crippen molar-refractivity contribution in [2.45, 2.75) is 57.2 Å². The Labute approximate surface area is 180 Å². The van der Waals surface area contributed by atoms with Crippen LogP contribution in [0.3, 0.4) is 0 Å². The highest BCUT2D eigenvalue weighted by atomic mass is 32.2. The number of hydrogen-bond donors (Lipinski definition) is 2.